The lowest BCUT2D eigenvalue weighted by Gasteiger charge is -2.15. The minimum atomic E-state index is -1.07. The van der Waals surface area contributed by atoms with E-state index in [0.717, 1.165) is 22.7 Å². The minimum Gasteiger partial charge on any atom is -0.478 e. The number of carbonyl (C=O) groups is 1. The van der Waals surface area contributed by atoms with E-state index in [9.17, 15) is 9.18 Å². The maximum absolute atomic E-state index is 13.8. The normalized spacial score (nSPS) is 17.0. The number of fused-ring (bicyclic) bond motifs is 1. The van der Waals surface area contributed by atoms with Crippen LogP contribution >= 0.6 is 22.9 Å². The van der Waals surface area contributed by atoms with Crippen LogP contribution in [0.3, 0.4) is 0 Å². The van der Waals surface area contributed by atoms with E-state index >= 15 is 0 Å². The fourth-order valence-corrected chi connectivity index (χ4v) is 3.79. The number of halogens is 2. The van der Waals surface area contributed by atoms with Gasteiger partial charge in [0.25, 0.3) is 0 Å². The third-order valence-electron chi connectivity index (χ3n) is 3.39. The van der Waals surface area contributed by atoms with Gasteiger partial charge in [0.2, 0.25) is 0 Å². The molecule has 3 rings (SSSR count). The molecule has 1 aliphatic carbocycles. The first kappa shape index (κ1) is 13.4. The zero-order chi connectivity index (χ0) is 14.3. The number of aryl methyl sites for hydroxylation is 1. The molecule has 2 aromatic rings. The van der Waals surface area contributed by atoms with E-state index < -0.39 is 11.8 Å². The average Bonchev–Trinajstić information content (AvgIpc) is 2.92. The summed E-state index contributed by atoms with van der Waals surface area (Å²) in [6, 6.07) is 5.62. The van der Waals surface area contributed by atoms with E-state index in [2.05, 4.69) is 5.32 Å². The Morgan fingerprint density at radius 3 is 3.00 bits per heavy atom. The number of aromatic carboxylic acids is 1. The molecule has 1 aliphatic rings. The van der Waals surface area contributed by atoms with Gasteiger partial charge in [-0.25, -0.2) is 9.18 Å². The Bertz CT molecular complexity index is 686. The summed E-state index contributed by atoms with van der Waals surface area (Å²) in [5.41, 5.74) is 1.36. The molecule has 0 bridgehead atoms. The molecule has 1 aromatic carbocycles. The van der Waals surface area contributed by atoms with E-state index in [4.69, 9.17) is 16.7 Å². The molecule has 1 atom stereocenters. The van der Waals surface area contributed by atoms with Gasteiger partial charge in [-0.2, -0.15) is 0 Å². The van der Waals surface area contributed by atoms with E-state index in [0.29, 0.717) is 0 Å². The second kappa shape index (κ2) is 5.07. The van der Waals surface area contributed by atoms with Crippen molar-refractivity contribution >= 4 is 34.6 Å². The van der Waals surface area contributed by atoms with Crippen molar-refractivity contribution in [1.82, 2.24) is 0 Å². The molecule has 0 aliphatic heterocycles. The van der Waals surface area contributed by atoms with Crippen molar-refractivity contribution in [3.63, 3.8) is 0 Å². The van der Waals surface area contributed by atoms with Gasteiger partial charge in [-0.05, 0) is 42.7 Å². The number of carboxylic acids is 1. The van der Waals surface area contributed by atoms with Gasteiger partial charge in [0.15, 0.2) is 0 Å². The topological polar surface area (TPSA) is 49.3 Å². The van der Waals surface area contributed by atoms with Crippen molar-refractivity contribution < 1.29 is 14.3 Å². The molecule has 20 heavy (non-hydrogen) atoms. The fraction of sp³-hybridized carbons (Fsp3) is 0.214. The predicted molar refractivity (Wildman–Crippen MR) is 77.4 cm³/mol. The summed E-state index contributed by atoms with van der Waals surface area (Å²) in [5.74, 6) is -1.52. The molecule has 0 saturated carbocycles. The van der Waals surface area contributed by atoms with Crippen molar-refractivity contribution in [2.24, 2.45) is 0 Å². The summed E-state index contributed by atoms with van der Waals surface area (Å²) >= 11 is 7.52. The fourth-order valence-electron chi connectivity index (χ4n) is 2.44. The molecule has 0 spiro atoms. The lowest BCUT2D eigenvalue weighted by molar-refractivity contribution is 0.0697. The third-order valence-corrected chi connectivity index (χ3v) is 4.73. The number of hydrogen-bond donors (Lipinski definition) is 2. The first-order valence-corrected chi connectivity index (χ1v) is 7.31. The largest absolute Gasteiger partial charge is 0.478 e. The lowest BCUT2D eigenvalue weighted by Crippen LogP contribution is -2.09. The first-order chi connectivity index (χ1) is 9.54. The third kappa shape index (κ3) is 2.39. The highest BCUT2D eigenvalue weighted by atomic mass is 35.5. The van der Waals surface area contributed by atoms with Crippen LogP contribution in [0, 0.1) is 5.82 Å². The lowest BCUT2D eigenvalue weighted by atomic mass is 10.1. The van der Waals surface area contributed by atoms with Crippen LogP contribution < -0.4 is 5.32 Å². The minimum absolute atomic E-state index is 0.0210. The van der Waals surface area contributed by atoms with E-state index in [1.165, 1.54) is 23.1 Å². The van der Waals surface area contributed by atoms with E-state index in [1.807, 2.05) is 6.07 Å². The standard InChI is InChI=1S/C14H11ClFNO2S/c15-13-6-8-10(3-4-12(8)20-13)17-11-5-7(14(18)19)1-2-9(11)16/h1-2,5-6,10,17H,3-4H2,(H,18,19). The summed E-state index contributed by atoms with van der Waals surface area (Å²) in [4.78, 5) is 12.1. The molecule has 1 heterocycles. The van der Waals surface area contributed by atoms with Crippen LogP contribution in [0.25, 0.3) is 0 Å². The Morgan fingerprint density at radius 1 is 1.45 bits per heavy atom. The molecule has 3 nitrogen and oxygen atoms in total. The van der Waals surface area contributed by atoms with Gasteiger partial charge in [-0.3, -0.25) is 0 Å². The molecule has 1 aromatic heterocycles. The summed E-state index contributed by atoms with van der Waals surface area (Å²) in [6.07, 6.45) is 1.76. The number of thiophene rings is 1. The monoisotopic (exact) mass is 311 g/mol. The summed E-state index contributed by atoms with van der Waals surface area (Å²) in [6.45, 7) is 0. The van der Waals surface area contributed by atoms with Gasteiger partial charge in [0, 0.05) is 4.88 Å². The van der Waals surface area contributed by atoms with Crippen molar-refractivity contribution in [1.29, 1.82) is 0 Å². The highest BCUT2D eigenvalue weighted by Crippen LogP contribution is 2.41. The molecule has 0 saturated heterocycles. The Labute approximate surface area is 124 Å². The number of nitrogens with one attached hydrogen (secondary N) is 1. The Kier molecular flexibility index (Phi) is 3.40. The molecular weight excluding hydrogens is 301 g/mol. The quantitative estimate of drug-likeness (QED) is 0.886. The van der Waals surface area contributed by atoms with Gasteiger partial charge < -0.3 is 10.4 Å². The molecule has 6 heteroatoms. The van der Waals surface area contributed by atoms with Crippen molar-refractivity contribution in [2.45, 2.75) is 18.9 Å². The molecule has 104 valence electrons. The molecule has 2 N–H and O–H groups in total. The highest BCUT2D eigenvalue weighted by Gasteiger charge is 2.25. The molecular formula is C14H11ClFNO2S. The van der Waals surface area contributed by atoms with Crippen LogP contribution in [0.15, 0.2) is 24.3 Å². The maximum atomic E-state index is 13.8. The zero-order valence-electron chi connectivity index (χ0n) is 10.3. The van der Waals surface area contributed by atoms with E-state index in [-0.39, 0.29) is 17.3 Å². The average molecular weight is 312 g/mol. The zero-order valence-corrected chi connectivity index (χ0v) is 11.9. The predicted octanol–water partition coefficient (Wildman–Crippen LogP) is 4.34. The van der Waals surface area contributed by atoms with Crippen molar-refractivity contribution in [3.05, 3.63) is 50.4 Å². The number of anilines is 1. The number of hydrogen-bond acceptors (Lipinski definition) is 3. The molecule has 0 radical (unpaired) electrons. The second-order valence-electron chi connectivity index (χ2n) is 4.66. The van der Waals surface area contributed by atoms with Crippen LogP contribution in [0.1, 0.15) is 33.3 Å². The number of rotatable bonds is 3. The van der Waals surface area contributed by atoms with Crippen LogP contribution in [0.2, 0.25) is 4.34 Å². The SMILES string of the molecule is O=C(O)c1ccc(F)c(NC2CCc3sc(Cl)cc32)c1. The Morgan fingerprint density at radius 2 is 2.25 bits per heavy atom. The van der Waals surface area contributed by atoms with Gasteiger partial charge in [-0.1, -0.05) is 11.6 Å². The smallest absolute Gasteiger partial charge is 0.335 e. The van der Waals surface area contributed by atoms with E-state index in [1.54, 1.807) is 11.3 Å². The van der Waals surface area contributed by atoms with Crippen LogP contribution in [-0.2, 0) is 6.42 Å². The highest BCUT2D eigenvalue weighted by molar-refractivity contribution is 7.16. The molecule has 0 fully saturated rings. The van der Waals surface area contributed by atoms with Crippen molar-refractivity contribution in [3.8, 4) is 0 Å². The van der Waals surface area contributed by atoms with Crippen LogP contribution in [0.4, 0.5) is 10.1 Å². The Balaban J connectivity index is 1.88. The van der Waals surface area contributed by atoms with Crippen molar-refractivity contribution in [2.75, 3.05) is 5.32 Å². The molecule has 1 unspecified atom stereocenters. The van der Waals surface area contributed by atoms with Crippen LogP contribution in [-0.4, -0.2) is 11.1 Å². The summed E-state index contributed by atoms with van der Waals surface area (Å²) in [7, 11) is 0. The number of carboxylic acid groups (broad SMARTS) is 1. The summed E-state index contributed by atoms with van der Waals surface area (Å²) in [5, 5.41) is 12.0. The van der Waals surface area contributed by atoms with Gasteiger partial charge in [0.1, 0.15) is 5.82 Å². The maximum Gasteiger partial charge on any atom is 0.335 e. The first-order valence-electron chi connectivity index (χ1n) is 6.12. The van der Waals surface area contributed by atoms with Gasteiger partial charge in [0.05, 0.1) is 21.6 Å². The number of benzene rings is 1. The summed E-state index contributed by atoms with van der Waals surface area (Å²) < 4.78 is 14.5. The Hall–Kier alpha value is -1.59. The molecule has 0 amide bonds. The van der Waals surface area contributed by atoms with Crippen LogP contribution in [0.5, 0.6) is 0 Å². The second-order valence-corrected chi connectivity index (χ2v) is 6.43. The van der Waals surface area contributed by atoms with Gasteiger partial charge in [-0.15, -0.1) is 11.3 Å². The van der Waals surface area contributed by atoms with Gasteiger partial charge >= 0.3 is 5.97 Å².